The molecule has 6 heteroatoms. The number of benzene rings is 3. The standard InChI is InChI=1S/C30H26N2O4/c1-19-26(16-27(33)32-17-23-4-2-3-5-24(23)18-32)28(36-31-19)22-8-6-20(7-9-22)21-10-12-25(13-11-21)30(14-15-30)29(34)35/h2-13H,14-18H2,1H3,(H,34,35). The number of carbonyl (C=O) groups is 2. The van der Waals surface area contributed by atoms with Crippen LogP contribution < -0.4 is 0 Å². The molecule has 1 fully saturated rings. The maximum absolute atomic E-state index is 13.1. The summed E-state index contributed by atoms with van der Waals surface area (Å²) >= 11 is 0. The predicted molar refractivity (Wildman–Crippen MR) is 135 cm³/mol. The summed E-state index contributed by atoms with van der Waals surface area (Å²) in [6, 6.07) is 23.9. The van der Waals surface area contributed by atoms with Crippen molar-refractivity contribution in [3.05, 3.63) is 101 Å². The average molecular weight is 479 g/mol. The zero-order valence-corrected chi connectivity index (χ0v) is 20.0. The van der Waals surface area contributed by atoms with Crippen LogP contribution in [0.15, 0.2) is 77.3 Å². The van der Waals surface area contributed by atoms with Gasteiger partial charge >= 0.3 is 5.97 Å². The first kappa shape index (κ1) is 22.3. The van der Waals surface area contributed by atoms with Crippen molar-refractivity contribution in [1.29, 1.82) is 0 Å². The minimum atomic E-state index is -0.745. The normalized spacial score (nSPS) is 15.5. The van der Waals surface area contributed by atoms with Crippen molar-refractivity contribution >= 4 is 11.9 Å². The third-order valence-corrected chi connectivity index (χ3v) is 7.58. The van der Waals surface area contributed by atoms with Crippen molar-refractivity contribution in [1.82, 2.24) is 10.1 Å². The second kappa shape index (κ2) is 8.48. The molecule has 3 aromatic carbocycles. The molecule has 2 aliphatic rings. The van der Waals surface area contributed by atoms with E-state index in [1.54, 1.807) is 0 Å². The third-order valence-electron chi connectivity index (χ3n) is 7.58. The van der Waals surface area contributed by atoms with E-state index < -0.39 is 11.4 Å². The molecule has 1 aliphatic heterocycles. The highest BCUT2D eigenvalue weighted by Crippen LogP contribution is 2.48. The quantitative estimate of drug-likeness (QED) is 0.395. The van der Waals surface area contributed by atoms with Crippen molar-refractivity contribution in [2.75, 3.05) is 0 Å². The summed E-state index contributed by atoms with van der Waals surface area (Å²) in [7, 11) is 0. The van der Waals surface area contributed by atoms with E-state index in [0.717, 1.165) is 33.5 Å². The number of carboxylic acids is 1. The van der Waals surface area contributed by atoms with Crippen molar-refractivity contribution in [2.45, 2.75) is 44.7 Å². The topological polar surface area (TPSA) is 83.6 Å². The third kappa shape index (κ3) is 3.79. The molecule has 6 rings (SSSR count). The van der Waals surface area contributed by atoms with Gasteiger partial charge in [-0.15, -0.1) is 0 Å². The Morgan fingerprint density at radius 3 is 2.00 bits per heavy atom. The largest absolute Gasteiger partial charge is 0.481 e. The summed E-state index contributed by atoms with van der Waals surface area (Å²) in [6.45, 7) is 3.14. The van der Waals surface area contributed by atoms with Crippen LogP contribution in [0.25, 0.3) is 22.5 Å². The second-order valence-electron chi connectivity index (χ2n) is 9.81. The number of rotatable bonds is 6. The van der Waals surface area contributed by atoms with Gasteiger partial charge in [0.15, 0.2) is 5.76 Å². The second-order valence-corrected chi connectivity index (χ2v) is 9.81. The van der Waals surface area contributed by atoms with Crippen LogP contribution in [0.2, 0.25) is 0 Å². The fourth-order valence-electron chi connectivity index (χ4n) is 5.14. The molecule has 0 atom stereocenters. The molecule has 2 heterocycles. The van der Waals surface area contributed by atoms with E-state index in [-0.39, 0.29) is 12.3 Å². The summed E-state index contributed by atoms with van der Waals surface area (Å²) in [5.41, 5.74) is 7.02. The van der Waals surface area contributed by atoms with Gasteiger partial charge in [0.1, 0.15) is 0 Å². The Balaban J connectivity index is 1.19. The molecule has 180 valence electrons. The van der Waals surface area contributed by atoms with Gasteiger partial charge in [-0.2, -0.15) is 0 Å². The van der Waals surface area contributed by atoms with E-state index in [1.165, 1.54) is 11.1 Å². The summed E-state index contributed by atoms with van der Waals surface area (Å²) in [6.07, 6.45) is 1.64. The fourth-order valence-corrected chi connectivity index (χ4v) is 5.14. The van der Waals surface area contributed by atoms with Crippen molar-refractivity contribution < 1.29 is 19.2 Å². The zero-order valence-electron chi connectivity index (χ0n) is 20.0. The van der Waals surface area contributed by atoms with Crippen LogP contribution in [0, 0.1) is 6.92 Å². The van der Waals surface area contributed by atoms with Crippen LogP contribution in [-0.4, -0.2) is 27.0 Å². The minimum Gasteiger partial charge on any atom is -0.481 e. The zero-order chi connectivity index (χ0) is 24.9. The number of amides is 1. The van der Waals surface area contributed by atoms with Crippen molar-refractivity contribution in [2.24, 2.45) is 0 Å². The number of nitrogens with zero attached hydrogens (tertiary/aromatic N) is 2. The molecule has 0 bridgehead atoms. The van der Waals surface area contributed by atoms with Gasteiger partial charge in [-0.1, -0.05) is 78.0 Å². The van der Waals surface area contributed by atoms with E-state index in [9.17, 15) is 14.7 Å². The molecule has 0 saturated heterocycles. The molecule has 1 amide bonds. The lowest BCUT2D eigenvalue weighted by Gasteiger charge is -2.15. The van der Waals surface area contributed by atoms with Crippen LogP contribution >= 0.6 is 0 Å². The first-order chi connectivity index (χ1) is 17.4. The highest BCUT2D eigenvalue weighted by Gasteiger charge is 2.51. The number of fused-ring (bicyclic) bond motifs is 1. The first-order valence-electron chi connectivity index (χ1n) is 12.2. The molecular weight excluding hydrogens is 452 g/mol. The molecule has 0 radical (unpaired) electrons. The number of carbonyl (C=O) groups excluding carboxylic acids is 1. The minimum absolute atomic E-state index is 0.0604. The Morgan fingerprint density at radius 1 is 0.889 bits per heavy atom. The molecule has 36 heavy (non-hydrogen) atoms. The average Bonchev–Trinajstić information content (AvgIpc) is 3.48. The first-order valence-corrected chi connectivity index (χ1v) is 12.2. The lowest BCUT2D eigenvalue weighted by molar-refractivity contribution is -0.140. The van der Waals surface area contributed by atoms with Gasteiger partial charge in [0.2, 0.25) is 5.91 Å². The van der Waals surface area contributed by atoms with E-state index in [2.05, 4.69) is 17.3 Å². The van der Waals surface area contributed by atoms with Gasteiger partial charge in [0.05, 0.1) is 17.5 Å². The number of aliphatic carboxylic acids is 1. The van der Waals surface area contributed by atoms with Gasteiger partial charge < -0.3 is 14.5 Å². The van der Waals surface area contributed by atoms with Gasteiger partial charge in [0, 0.05) is 24.2 Å². The van der Waals surface area contributed by atoms with E-state index in [1.807, 2.05) is 72.5 Å². The molecule has 1 saturated carbocycles. The lowest BCUT2D eigenvalue weighted by Crippen LogP contribution is -2.27. The van der Waals surface area contributed by atoms with E-state index in [4.69, 9.17) is 4.52 Å². The number of hydrogen-bond acceptors (Lipinski definition) is 4. The van der Waals surface area contributed by atoms with Crippen molar-refractivity contribution in [3.8, 4) is 22.5 Å². The molecule has 1 aliphatic carbocycles. The highest BCUT2D eigenvalue weighted by molar-refractivity contribution is 5.85. The Morgan fingerprint density at radius 2 is 1.44 bits per heavy atom. The maximum Gasteiger partial charge on any atom is 0.314 e. The van der Waals surface area contributed by atoms with E-state index in [0.29, 0.717) is 31.7 Å². The number of aromatic nitrogens is 1. The SMILES string of the molecule is Cc1noc(-c2ccc(-c3ccc(C4(C(=O)O)CC4)cc3)cc2)c1CC(=O)N1Cc2ccccc2C1. The Hall–Kier alpha value is -4.19. The van der Waals surface area contributed by atoms with Gasteiger partial charge in [-0.05, 0) is 47.6 Å². The molecule has 1 aromatic heterocycles. The van der Waals surface area contributed by atoms with Gasteiger partial charge in [-0.3, -0.25) is 9.59 Å². The molecule has 4 aromatic rings. The number of aryl methyl sites for hydroxylation is 1. The van der Waals surface area contributed by atoms with Crippen LogP contribution in [-0.2, 0) is 34.5 Å². The van der Waals surface area contributed by atoms with Gasteiger partial charge in [0.25, 0.3) is 0 Å². The van der Waals surface area contributed by atoms with Crippen LogP contribution in [0.3, 0.4) is 0 Å². The van der Waals surface area contributed by atoms with Crippen LogP contribution in [0.4, 0.5) is 0 Å². The Bertz CT molecular complexity index is 1440. The Labute approximate surface area is 209 Å². The van der Waals surface area contributed by atoms with Gasteiger partial charge in [-0.25, -0.2) is 0 Å². The molecular formula is C30H26N2O4. The smallest absolute Gasteiger partial charge is 0.314 e. The maximum atomic E-state index is 13.1. The summed E-state index contributed by atoms with van der Waals surface area (Å²) < 4.78 is 5.66. The summed E-state index contributed by atoms with van der Waals surface area (Å²) in [5.74, 6) is -0.0626. The predicted octanol–water partition coefficient (Wildman–Crippen LogP) is 5.52. The van der Waals surface area contributed by atoms with E-state index >= 15 is 0 Å². The fraction of sp³-hybridized carbons (Fsp3) is 0.233. The summed E-state index contributed by atoms with van der Waals surface area (Å²) in [5, 5.41) is 13.7. The number of carboxylic acid groups (broad SMARTS) is 1. The molecule has 0 unspecified atom stereocenters. The van der Waals surface area contributed by atoms with Crippen LogP contribution in [0.1, 0.15) is 40.8 Å². The monoisotopic (exact) mass is 478 g/mol. The highest BCUT2D eigenvalue weighted by atomic mass is 16.5. The summed E-state index contributed by atoms with van der Waals surface area (Å²) in [4.78, 5) is 26.6. The lowest BCUT2D eigenvalue weighted by atomic mass is 9.93. The number of hydrogen-bond donors (Lipinski definition) is 1. The molecule has 1 N–H and O–H groups in total. The Kier molecular flexibility index (Phi) is 5.25. The van der Waals surface area contributed by atoms with Crippen LogP contribution in [0.5, 0.6) is 0 Å². The van der Waals surface area contributed by atoms with Crippen molar-refractivity contribution in [3.63, 3.8) is 0 Å². The molecule has 6 nitrogen and oxygen atoms in total. The molecule has 0 spiro atoms.